The van der Waals surface area contributed by atoms with E-state index in [-0.39, 0.29) is 24.3 Å². The van der Waals surface area contributed by atoms with Crippen LogP contribution in [0.25, 0.3) is 0 Å². The van der Waals surface area contributed by atoms with Gasteiger partial charge in [-0.25, -0.2) is 0 Å². The number of hydrogen-bond donors (Lipinski definition) is 2. The molecule has 0 bridgehead atoms. The first-order valence-corrected chi connectivity index (χ1v) is 4.79. The predicted molar refractivity (Wildman–Crippen MR) is 52.3 cm³/mol. The van der Waals surface area contributed by atoms with Gasteiger partial charge in [0.15, 0.2) is 0 Å². The van der Waals surface area contributed by atoms with Crippen LogP contribution in [-0.4, -0.2) is 35.8 Å². The first kappa shape index (κ1) is 11.5. The lowest BCUT2D eigenvalue weighted by molar-refractivity contribution is -0.135. The minimum atomic E-state index is -0.881. The Balaban J connectivity index is 2.55. The van der Waals surface area contributed by atoms with Crippen LogP contribution < -0.4 is 10.7 Å². The summed E-state index contributed by atoms with van der Waals surface area (Å²) < 4.78 is 0. The summed E-state index contributed by atoms with van der Waals surface area (Å²) in [5, 5.41) is 3.74. The molecule has 1 saturated heterocycles. The molecule has 0 aromatic rings. The van der Waals surface area contributed by atoms with Gasteiger partial charge in [-0.2, -0.15) is 0 Å². The van der Waals surface area contributed by atoms with E-state index in [1.54, 1.807) is 0 Å². The van der Waals surface area contributed by atoms with E-state index in [0.717, 1.165) is 5.01 Å². The molecule has 15 heavy (non-hydrogen) atoms. The van der Waals surface area contributed by atoms with Crippen molar-refractivity contribution in [2.45, 2.75) is 26.3 Å². The van der Waals surface area contributed by atoms with E-state index in [2.05, 4.69) is 10.7 Å². The summed E-state index contributed by atoms with van der Waals surface area (Å²) >= 11 is 0. The zero-order valence-electron chi connectivity index (χ0n) is 9.03. The van der Waals surface area contributed by atoms with E-state index in [4.69, 9.17) is 0 Å². The maximum atomic E-state index is 11.4. The lowest BCUT2D eigenvalue weighted by Gasteiger charge is -2.09. The van der Waals surface area contributed by atoms with Crippen molar-refractivity contribution >= 4 is 17.7 Å². The quantitative estimate of drug-likeness (QED) is 0.591. The van der Waals surface area contributed by atoms with E-state index in [1.807, 2.05) is 13.8 Å². The summed E-state index contributed by atoms with van der Waals surface area (Å²) in [7, 11) is 1.46. The van der Waals surface area contributed by atoms with Gasteiger partial charge >= 0.3 is 0 Å². The van der Waals surface area contributed by atoms with Gasteiger partial charge in [0, 0.05) is 19.5 Å². The van der Waals surface area contributed by atoms with Crippen LogP contribution in [-0.2, 0) is 14.4 Å². The highest BCUT2D eigenvalue weighted by Crippen LogP contribution is 2.12. The highest BCUT2D eigenvalue weighted by atomic mass is 16.2. The van der Waals surface area contributed by atoms with Gasteiger partial charge in [0.2, 0.25) is 5.91 Å². The third-order valence-electron chi connectivity index (χ3n) is 2.06. The molecule has 84 valence electrons. The van der Waals surface area contributed by atoms with E-state index in [9.17, 15) is 14.4 Å². The normalized spacial score (nSPS) is 20.8. The highest BCUT2D eigenvalue weighted by molar-refractivity contribution is 6.07. The van der Waals surface area contributed by atoms with Gasteiger partial charge < -0.3 is 5.32 Å². The van der Waals surface area contributed by atoms with Crippen molar-refractivity contribution in [3.8, 4) is 0 Å². The van der Waals surface area contributed by atoms with Crippen LogP contribution >= 0.6 is 0 Å². The van der Waals surface area contributed by atoms with Gasteiger partial charge in [-0.05, 0) is 13.8 Å². The molecular weight excluding hydrogens is 198 g/mol. The second kappa shape index (κ2) is 4.29. The number of hydrogen-bond acceptors (Lipinski definition) is 3. The molecule has 0 saturated carbocycles. The SMILES string of the molecule is CC(C)NC(=O)CC1C(=O)NN(C)C1=O. The van der Waals surface area contributed by atoms with E-state index in [1.165, 1.54) is 7.05 Å². The van der Waals surface area contributed by atoms with Crippen LogP contribution in [0.5, 0.6) is 0 Å². The summed E-state index contributed by atoms with van der Waals surface area (Å²) in [6.07, 6.45) is -0.0901. The number of nitrogens with one attached hydrogen (secondary N) is 2. The molecule has 1 aliphatic heterocycles. The van der Waals surface area contributed by atoms with Crippen LogP contribution in [0.2, 0.25) is 0 Å². The molecule has 1 unspecified atom stereocenters. The second-order valence-electron chi connectivity index (χ2n) is 3.85. The zero-order chi connectivity index (χ0) is 11.6. The lowest BCUT2D eigenvalue weighted by Crippen LogP contribution is -2.34. The number of amides is 3. The Bertz CT molecular complexity index is 301. The molecule has 6 nitrogen and oxygen atoms in total. The molecule has 0 aromatic heterocycles. The van der Waals surface area contributed by atoms with E-state index in [0.29, 0.717) is 0 Å². The van der Waals surface area contributed by atoms with E-state index < -0.39 is 11.8 Å². The fraction of sp³-hybridized carbons (Fsp3) is 0.667. The van der Waals surface area contributed by atoms with Crippen molar-refractivity contribution in [1.82, 2.24) is 15.8 Å². The number of nitrogens with zero attached hydrogens (tertiary/aromatic N) is 1. The molecule has 0 spiro atoms. The minimum absolute atomic E-state index is 0.00907. The molecule has 1 fully saturated rings. The molecule has 2 N–H and O–H groups in total. The summed E-state index contributed by atoms with van der Waals surface area (Å²) in [5.74, 6) is -1.94. The molecule has 1 atom stereocenters. The van der Waals surface area contributed by atoms with Crippen molar-refractivity contribution in [2.24, 2.45) is 5.92 Å². The Morgan fingerprint density at radius 1 is 1.53 bits per heavy atom. The fourth-order valence-corrected chi connectivity index (χ4v) is 1.39. The fourth-order valence-electron chi connectivity index (χ4n) is 1.39. The minimum Gasteiger partial charge on any atom is -0.354 e. The van der Waals surface area contributed by atoms with Gasteiger partial charge in [-0.15, -0.1) is 0 Å². The average Bonchev–Trinajstić information content (AvgIpc) is 2.31. The maximum absolute atomic E-state index is 11.4. The van der Waals surface area contributed by atoms with Crippen LogP contribution in [0.3, 0.4) is 0 Å². The number of rotatable bonds is 3. The summed E-state index contributed by atoms with van der Waals surface area (Å²) in [4.78, 5) is 34.0. The monoisotopic (exact) mass is 213 g/mol. The molecular formula is C9H15N3O3. The number of carbonyl (C=O) groups is 3. The summed E-state index contributed by atoms with van der Waals surface area (Å²) in [5.41, 5.74) is 2.34. The molecule has 6 heteroatoms. The van der Waals surface area contributed by atoms with Crippen molar-refractivity contribution in [1.29, 1.82) is 0 Å². The van der Waals surface area contributed by atoms with Crippen LogP contribution in [0, 0.1) is 5.92 Å². The van der Waals surface area contributed by atoms with Gasteiger partial charge in [-0.1, -0.05) is 0 Å². The summed E-state index contributed by atoms with van der Waals surface area (Å²) in [6.45, 7) is 3.64. The molecule has 0 aliphatic carbocycles. The Morgan fingerprint density at radius 2 is 2.13 bits per heavy atom. The highest BCUT2D eigenvalue weighted by Gasteiger charge is 2.38. The van der Waals surface area contributed by atoms with Gasteiger partial charge in [0.05, 0.1) is 0 Å². The predicted octanol–water partition coefficient (Wildman–Crippen LogP) is -0.979. The van der Waals surface area contributed by atoms with Crippen LogP contribution in [0.15, 0.2) is 0 Å². The largest absolute Gasteiger partial charge is 0.354 e. The number of carbonyl (C=O) groups excluding carboxylic acids is 3. The van der Waals surface area contributed by atoms with E-state index >= 15 is 0 Å². The maximum Gasteiger partial charge on any atom is 0.253 e. The Labute approximate surface area is 88.0 Å². The Hall–Kier alpha value is -1.59. The lowest BCUT2D eigenvalue weighted by atomic mass is 10.0. The molecule has 1 rings (SSSR count). The molecule has 3 amide bonds. The van der Waals surface area contributed by atoms with Crippen molar-refractivity contribution in [3.63, 3.8) is 0 Å². The van der Waals surface area contributed by atoms with Gasteiger partial charge in [0.25, 0.3) is 11.8 Å². The van der Waals surface area contributed by atoms with Crippen molar-refractivity contribution < 1.29 is 14.4 Å². The topological polar surface area (TPSA) is 78.5 Å². The first-order chi connectivity index (χ1) is 6.91. The number of hydrazine groups is 1. The second-order valence-corrected chi connectivity index (χ2v) is 3.85. The van der Waals surface area contributed by atoms with Crippen LogP contribution in [0.1, 0.15) is 20.3 Å². The Kier molecular flexibility index (Phi) is 3.28. The average molecular weight is 213 g/mol. The molecule has 1 heterocycles. The van der Waals surface area contributed by atoms with Crippen molar-refractivity contribution in [3.05, 3.63) is 0 Å². The van der Waals surface area contributed by atoms with Crippen molar-refractivity contribution in [2.75, 3.05) is 7.05 Å². The zero-order valence-corrected chi connectivity index (χ0v) is 9.03. The smallest absolute Gasteiger partial charge is 0.253 e. The van der Waals surface area contributed by atoms with Gasteiger partial charge in [0.1, 0.15) is 5.92 Å². The molecule has 0 radical (unpaired) electrons. The van der Waals surface area contributed by atoms with Crippen LogP contribution in [0.4, 0.5) is 0 Å². The standard InChI is InChI=1S/C9H15N3O3/c1-5(2)10-7(13)4-6-8(14)11-12(3)9(6)15/h5-6H,4H2,1-3H3,(H,10,13)(H,11,14). The Morgan fingerprint density at radius 3 is 2.53 bits per heavy atom. The van der Waals surface area contributed by atoms with Gasteiger partial charge in [-0.3, -0.25) is 24.8 Å². The molecule has 0 aromatic carbocycles. The summed E-state index contributed by atoms with van der Waals surface area (Å²) in [6, 6.07) is 0.00907. The first-order valence-electron chi connectivity index (χ1n) is 4.79. The molecule has 1 aliphatic rings. The third-order valence-corrected chi connectivity index (χ3v) is 2.06. The third kappa shape index (κ3) is 2.68.